The van der Waals surface area contributed by atoms with Crippen LogP contribution in [0.25, 0.3) is 0 Å². The number of thioether (sulfide) groups is 1. The van der Waals surface area contributed by atoms with Crippen molar-refractivity contribution in [3.8, 4) is 0 Å². The maximum Gasteiger partial charge on any atom is 0.120 e. The zero-order valence-corrected chi connectivity index (χ0v) is 11.8. The van der Waals surface area contributed by atoms with E-state index in [4.69, 9.17) is 4.42 Å². The molecule has 1 heterocycles. The molecule has 1 N–H and O–H groups in total. The molecule has 0 fully saturated rings. The highest BCUT2D eigenvalue weighted by atomic mass is 32.2. The fraction of sp³-hybridized carbons (Fsp3) is 0.333. The third kappa shape index (κ3) is 3.18. The van der Waals surface area contributed by atoms with E-state index < -0.39 is 0 Å². The number of hydrogen-bond donors (Lipinski definition) is 1. The molecule has 1 aromatic heterocycles. The highest BCUT2D eigenvalue weighted by Gasteiger charge is 2.12. The first-order chi connectivity index (χ1) is 8.70. The molecule has 96 valence electrons. The van der Waals surface area contributed by atoms with Crippen LogP contribution in [0.1, 0.15) is 37.3 Å². The second-order valence-corrected chi connectivity index (χ2v) is 5.28. The van der Waals surface area contributed by atoms with Crippen molar-refractivity contribution in [3.63, 3.8) is 0 Å². The van der Waals surface area contributed by atoms with Crippen LogP contribution in [0.15, 0.2) is 52.0 Å². The highest BCUT2D eigenvalue weighted by Crippen LogP contribution is 2.22. The topological polar surface area (TPSA) is 25.2 Å². The third-order valence-corrected chi connectivity index (χ3v) is 3.83. The number of nitrogens with one attached hydrogen (secondary N) is 1. The molecule has 2 rings (SSSR count). The molecule has 2 atom stereocenters. The van der Waals surface area contributed by atoms with Gasteiger partial charge in [-0.1, -0.05) is 12.1 Å². The van der Waals surface area contributed by atoms with Crippen LogP contribution in [0.2, 0.25) is 0 Å². The summed E-state index contributed by atoms with van der Waals surface area (Å²) in [6, 6.07) is 13.1. The largest absolute Gasteiger partial charge is 0.468 e. The summed E-state index contributed by atoms with van der Waals surface area (Å²) in [5, 5.41) is 3.54. The monoisotopic (exact) mass is 261 g/mol. The van der Waals surface area contributed by atoms with E-state index >= 15 is 0 Å². The van der Waals surface area contributed by atoms with Crippen LogP contribution in [0, 0.1) is 0 Å². The first kappa shape index (κ1) is 13.2. The minimum atomic E-state index is 0.218. The van der Waals surface area contributed by atoms with Gasteiger partial charge in [-0.05, 0) is 49.9 Å². The maximum absolute atomic E-state index is 5.40. The number of furan rings is 1. The molecule has 0 aliphatic heterocycles. The van der Waals surface area contributed by atoms with Crippen molar-refractivity contribution in [2.24, 2.45) is 0 Å². The number of hydrogen-bond acceptors (Lipinski definition) is 3. The summed E-state index contributed by atoms with van der Waals surface area (Å²) in [6.07, 6.45) is 3.81. The summed E-state index contributed by atoms with van der Waals surface area (Å²) in [7, 11) is 0. The second-order valence-electron chi connectivity index (χ2n) is 4.40. The van der Waals surface area contributed by atoms with Gasteiger partial charge in [-0.2, -0.15) is 0 Å². The molecule has 2 nitrogen and oxygen atoms in total. The first-order valence-corrected chi connectivity index (χ1v) is 7.36. The Morgan fingerprint density at radius 1 is 1.06 bits per heavy atom. The molecule has 18 heavy (non-hydrogen) atoms. The van der Waals surface area contributed by atoms with E-state index in [1.54, 1.807) is 18.0 Å². The van der Waals surface area contributed by atoms with Crippen molar-refractivity contribution < 1.29 is 4.42 Å². The molecule has 1 unspecified atom stereocenters. The Hall–Kier alpha value is -1.19. The molecule has 0 bridgehead atoms. The van der Waals surface area contributed by atoms with Crippen LogP contribution in [-0.4, -0.2) is 6.26 Å². The molecule has 1 aromatic carbocycles. The molecular formula is C15H19NOS. The summed E-state index contributed by atoms with van der Waals surface area (Å²) in [5.74, 6) is 0.975. The predicted octanol–water partition coefficient (Wildman–Crippen LogP) is 4.41. The van der Waals surface area contributed by atoms with Gasteiger partial charge in [0.15, 0.2) is 0 Å². The lowest BCUT2D eigenvalue weighted by molar-refractivity contribution is 0.403. The van der Waals surface area contributed by atoms with Crippen LogP contribution in [0.4, 0.5) is 0 Å². The summed E-state index contributed by atoms with van der Waals surface area (Å²) < 4.78 is 5.40. The average molecular weight is 261 g/mol. The Kier molecular flexibility index (Phi) is 4.50. The van der Waals surface area contributed by atoms with Crippen LogP contribution in [0.5, 0.6) is 0 Å². The van der Waals surface area contributed by atoms with Gasteiger partial charge in [0.25, 0.3) is 0 Å². The number of benzene rings is 1. The van der Waals surface area contributed by atoms with E-state index in [9.17, 15) is 0 Å². The Bertz CT molecular complexity index is 464. The normalized spacial score (nSPS) is 14.4. The van der Waals surface area contributed by atoms with Crippen molar-refractivity contribution in [1.29, 1.82) is 0 Å². The van der Waals surface area contributed by atoms with Gasteiger partial charge < -0.3 is 9.73 Å². The van der Waals surface area contributed by atoms with E-state index in [2.05, 4.69) is 49.7 Å². The minimum absolute atomic E-state index is 0.218. The Morgan fingerprint density at radius 2 is 1.78 bits per heavy atom. The number of rotatable bonds is 5. The van der Waals surface area contributed by atoms with E-state index in [0.29, 0.717) is 6.04 Å². The van der Waals surface area contributed by atoms with Crippen molar-refractivity contribution in [3.05, 3.63) is 54.0 Å². The molecule has 0 spiro atoms. The fourth-order valence-corrected chi connectivity index (χ4v) is 2.39. The highest BCUT2D eigenvalue weighted by molar-refractivity contribution is 7.98. The van der Waals surface area contributed by atoms with E-state index in [-0.39, 0.29) is 6.04 Å². The lowest BCUT2D eigenvalue weighted by atomic mass is 10.1. The Balaban J connectivity index is 2.00. The Morgan fingerprint density at radius 3 is 2.33 bits per heavy atom. The standard InChI is InChI=1S/C15H19NOS/c1-11(13-6-8-14(18-3)9-7-13)16-12(2)15-5-4-10-17-15/h4-12,16H,1-3H3/t11?,12-/m0/s1. The average Bonchev–Trinajstić information content (AvgIpc) is 2.92. The van der Waals surface area contributed by atoms with Gasteiger partial charge in [-0.25, -0.2) is 0 Å². The van der Waals surface area contributed by atoms with Gasteiger partial charge >= 0.3 is 0 Å². The summed E-state index contributed by atoms with van der Waals surface area (Å²) in [4.78, 5) is 1.30. The summed E-state index contributed by atoms with van der Waals surface area (Å²) >= 11 is 1.77. The lowest BCUT2D eigenvalue weighted by Crippen LogP contribution is -2.22. The van der Waals surface area contributed by atoms with Crippen molar-refractivity contribution in [1.82, 2.24) is 5.32 Å². The molecule has 2 aromatic rings. The van der Waals surface area contributed by atoms with Gasteiger partial charge in [0.1, 0.15) is 5.76 Å². The maximum atomic E-state index is 5.40. The molecular weight excluding hydrogens is 242 g/mol. The lowest BCUT2D eigenvalue weighted by Gasteiger charge is -2.19. The fourth-order valence-electron chi connectivity index (χ4n) is 1.98. The first-order valence-electron chi connectivity index (χ1n) is 6.14. The van der Waals surface area contributed by atoms with Gasteiger partial charge in [0.05, 0.1) is 12.3 Å². The third-order valence-electron chi connectivity index (χ3n) is 3.09. The smallest absolute Gasteiger partial charge is 0.120 e. The van der Waals surface area contributed by atoms with Crippen molar-refractivity contribution in [2.75, 3.05) is 6.26 Å². The molecule has 0 radical (unpaired) electrons. The molecule has 0 saturated heterocycles. The van der Waals surface area contributed by atoms with E-state index in [1.807, 2.05) is 12.1 Å². The molecule has 0 aliphatic carbocycles. The van der Waals surface area contributed by atoms with Gasteiger partial charge in [-0.3, -0.25) is 0 Å². The Labute approximate surface area is 113 Å². The molecule has 3 heteroatoms. The van der Waals surface area contributed by atoms with E-state index in [0.717, 1.165) is 5.76 Å². The zero-order valence-electron chi connectivity index (χ0n) is 11.0. The molecule has 0 aliphatic rings. The second kappa shape index (κ2) is 6.12. The van der Waals surface area contributed by atoms with Crippen LogP contribution in [-0.2, 0) is 0 Å². The summed E-state index contributed by atoms with van der Waals surface area (Å²) in [5.41, 5.74) is 1.30. The summed E-state index contributed by atoms with van der Waals surface area (Å²) in [6.45, 7) is 4.29. The SMILES string of the molecule is CSc1ccc(C(C)N[C@@H](C)c2ccco2)cc1. The molecule has 0 saturated carbocycles. The minimum Gasteiger partial charge on any atom is -0.468 e. The zero-order chi connectivity index (χ0) is 13.0. The van der Waals surface area contributed by atoms with E-state index in [1.165, 1.54) is 10.5 Å². The molecule has 0 amide bonds. The quantitative estimate of drug-likeness (QED) is 0.807. The predicted molar refractivity (Wildman–Crippen MR) is 76.9 cm³/mol. The van der Waals surface area contributed by atoms with Crippen LogP contribution >= 0.6 is 11.8 Å². The van der Waals surface area contributed by atoms with Gasteiger partial charge in [0, 0.05) is 10.9 Å². The van der Waals surface area contributed by atoms with Crippen molar-refractivity contribution in [2.45, 2.75) is 30.8 Å². The van der Waals surface area contributed by atoms with Crippen LogP contribution < -0.4 is 5.32 Å². The van der Waals surface area contributed by atoms with Crippen LogP contribution in [0.3, 0.4) is 0 Å². The van der Waals surface area contributed by atoms with Gasteiger partial charge in [0.2, 0.25) is 0 Å². The van der Waals surface area contributed by atoms with Gasteiger partial charge in [-0.15, -0.1) is 11.8 Å². The van der Waals surface area contributed by atoms with Crippen molar-refractivity contribution >= 4 is 11.8 Å².